The molecular weight excluding hydrogens is 230 g/mol. The maximum absolute atomic E-state index is 10.5. The number of para-hydroxylation sites is 1. The Morgan fingerprint density at radius 2 is 2.25 bits per heavy atom. The van der Waals surface area contributed by atoms with Gasteiger partial charge < -0.3 is 15.2 Å². The molecule has 1 aromatic carbocycles. The van der Waals surface area contributed by atoms with Gasteiger partial charge in [-0.25, -0.2) is 0 Å². The molecule has 0 fully saturated rings. The molecule has 5 heteroatoms. The number of carbonyl (C=O) groups is 1. The zero-order valence-electron chi connectivity index (χ0n) is 8.94. The van der Waals surface area contributed by atoms with Gasteiger partial charge in [0.2, 0.25) is 0 Å². The van der Waals surface area contributed by atoms with Crippen LogP contribution in [0.25, 0.3) is 0 Å². The topological polar surface area (TPSA) is 58.6 Å². The van der Waals surface area contributed by atoms with Gasteiger partial charge in [0.15, 0.2) is 0 Å². The van der Waals surface area contributed by atoms with E-state index in [1.807, 2.05) is 12.1 Å². The lowest BCUT2D eigenvalue weighted by Gasteiger charge is -2.10. The molecule has 0 unspecified atom stereocenters. The number of aliphatic carboxylic acids is 1. The monoisotopic (exact) mass is 243 g/mol. The molecular formula is C11H14ClNO3. The molecule has 1 aromatic rings. The molecule has 16 heavy (non-hydrogen) atoms. The Morgan fingerprint density at radius 3 is 2.88 bits per heavy atom. The Bertz CT molecular complexity index is 357. The number of rotatable bonds is 6. The quantitative estimate of drug-likeness (QED) is 0.748. The minimum Gasteiger partial charge on any atom is -0.491 e. The van der Waals surface area contributed by atoms with E-state index in [9.17, 15) is 4.79 Å². The van der Waals surface area contributed by atoms with Crippen molar-refractivity contribution < 1.29 is 14.6 Å². The van der Waals surface area contributed by atoms with Gasteiger partial charge in [-0.1, -0.05) is 23.7 Å². The fourth-order valence-corrected chi connectivity index (χ4v) is 1.28. The van der Waals surface area contributed by atoms with Gasteiger partial charge in [0.25, 0.3) is 0 Å². The average Bonchev–Trinajstić information content (AvgIpc) is 2.26. The molecule has 0 saturated heterocycles. The second kappa shape index (κ2) is 6.35. The van der Waals surface area contributed by atoms with E-state index in [-0.39, 0.29) is 0 Å². The van der Waals surface area contributed by atoms with Crippen LogP contribution in [0.4, 0.5) is 0 Å². The van der Waals surface area contributed by atoms with E-state index in [1.54, 1.807) is 19.1 Å². The highest BCUT2D eigenvalue weighted by Crippen LogP contribution is 2.22. The van der Waals surface area contributed by atoms with E-state index in [2.05, 4.69) is 5.32 Å². The van der Waals surface area contributed by atoms with Crippen LogP contribution >= 0.6 is 11.6 Å². The molecule has 0 bridgehead atoms. The standard InChI is InChI=1S/C11H14ClNO3/c1-8(11(14)15)13-6-7-16-10-5-3-2-4-9(10)12/h2-5,8,13H,6-7H2,1H3,(H,14,15)/t8-/m0/s1. The van der Waals surface area contributed by atoms with Crippen molar-refractivity contribution in [1.29, 1.82) is 0 Å². The Hall–Kier alpha value is -1.26. The van der Waals surface area contributed by atoms with Crippen LogP contribution in [-0.4, -0.2) is 30.3 Å². The van der Waals surface area contributed by atoms with Crippen LogP contribution in [0.5, 0.6) is 5.75 Å². The van der Waals surface area contributed by atoms with Gasteiger partial charge >= 0.3 is 5.97 Å². The first-order valence-corrected chi connectivity index (χ1v) is 5.32. The fraction of sp³-hybridized carbons (Fsp3) is 0.364. The fourth-order valence-electron chi connectivity index (χ4n) is 1.09. The number of hydrogen-bond donors (Lipinski definition) is 2. The maximum atomic E-state index is 10.5. The van der Waals surface area contributed by atoms with Crippen LogP contribution in [0.15, 0.2) is 24.3 Å². The summed E-state index contributed by atoms with van der Waals surface area (Å²) in [4.78, 5) is 10.5. The summed E-state index contributed by atoms with van der Waals surface area (Å²) in [7, 11) is 0. The number of halogens is 1. The zero-order valence-corrected chi connectivity index (χ0v) is 9.70. The van der Waals surface area contributed by atoms with Gasteiger partial charge in [-0.05, 0) is 19.1 Å². The van der Waals surface area contributed by atoms with Crippen LogP contribution in [-0.2, 0) is 4.79 Å². The van der Waals surface area contributed by atoms with Crippen molar-refractivity contribution in [3.05, 3.63) is 29.3 Å². The summed E-state index contributed by atoms with van der Waals surface area (Å²) in [5.41, 5.74) is 0. The van der Waals surface area contributed by atoms with Crippen molar-refractivity contribution in [2.75, 3.05) is 13.2 Å². The summed E-state index contributed by atoms with van der Waals surface area (Å²) in [6.07, 6.45) is 0. The Labute approximate surface area is 99.2 Å². The minimum absolute atomic E-state index is 0.376. The second-order valence-corrected chi connectivity index (χ2v) is 3.70. The van der Waals surface area contributed by atoms with Gasteiger partial charge in [0.1, 0.15) is 18.4 Å². The molecule has 0 aliphatic heterocycles. The summed E-state index contributed by atoms with van der Waals surface area (Å²) < 4.78 is 5.38. The number of nitrogens with one attached hydrogen (secondary N) is 1. The molecule has 88 valence electrons. The molecule has 4 nitrogen and oxygen atoms in total. The lowest BCUT2D eigenvalue weighted by Crippen LogP contribution is -2.36. The lowest BCUT2D eigenvalue weighted by atomic mass is 10.3. The highest BCUT2D eigenvalue weighted by atomic mass is 35.5. The second-order valence-electron chi connectivity index (χ2n) is 3.29. The molecule has 0 radical (unpaired) electrons. The van der Waals surface area contributed by atoms with Crippen molar-refractivity contribution >= 4 is 17.6 Å². The Balaban J connectivity index is 2.26. The highest BCUT2D eigenvalue weighted by Gasteiger charge is 2.08. The van der Waals surface area contributed by atoms with E-state index in [1.165, 1.54) is 0 Å². The summed E-state index contributed by atoms with van der Waals surface area (Å²) >= 11 is 5.88. The Kier molecular flexibility index (Phi) is 5.08. The number of benzene rings is 1. The van der Waals surface area contributed by atoms with Crippen LogP contribution in [0.2, 0.25) is 5.02 Å². The van der Waals surface area contributed by atoms with Gasteiger partial charge in [0.05, 0.1) is 5.02 Å². The van der Waals surface area contributed by atoms with Crippen molar-refractivity contribution in [3.63, 3.8) is 0 Å². The highest BCUT2D eigenvalue weighted by molar-refractivity contribution is 6.32. The largest absolute Gasteiger partial charge is 0.491 e. The van der Waals surface area contributed by atoms with Crippen molar-refractivity contribution in [3.8, 4) is 5.75 Å². The predicted molar refractivity (Wildman–Crippen MR) is 62.0 cm³/mol. The van der Waals surface area contributed by atoms with E-state index in [0.29, 0.717) is 23.9 Å². The molecule has 2 N–H and O–H groups in total. The van der Waals surface area contributed by atoms with Crippen LogP contribution in [0, 0.1) is 0 Å². The molecule has 1 rings (SSSR count). The third kappa shape index (κ3) is 4.08. The van der Waals surface area contributed by atoms with Crippen molar-refractivity contribution in [2.24, 2.45) is 0 Å². The van der Waals surface area contributed by atoms with Gasteiger partial charge in [-0.3, -0.25) is 4.79 Å². The number of carboxylic acids is 1. The number of ether oxygens (including phenoxy) is 1. The number of carboxylic acid groups (broad SMARTS) is 1. The third-order valence-electron chi connectivity index (χ3n) is 2.02. The summed E-state index contributed by atoms with van der Waals surface area (Å²) in [5.74, 6) is -0.272. The minimum atomic E-state index is -0.877. The van der Waals surface area contributed by atoms with E-state index < -0.39 is 12.0 Å². The van der Waals surface area contributed by atoms with Gasteiger partial charge in [-0.2, -0.15) is 0 Å². The van der Waals surface area contributed by atoms with E-state index >= 15 is 0 Å². The summed E-state index contributed by atoms with van der Waals surface area (Å²) in [6.45, 7) is 2.41. The smallest absolute Gasteiger partial charge is 0.320 e. The number of hydrogen-bond acceptors (Lipinski definition) is 3. The normalized spacial score (nSPS) is 12.1. The van der Waals surface area contributed by atoms with E-state index in [0.717, 1.165) is 0 Å². The van der Waals surface area contributed by atoms with Crippen LogP contribution in [0.3, 0.4) is 0 Å². The maximum Gasteiger partial charge on any atom is 0.320 e. The predicted octanol–water partition coefficient (Wildman–Crippen LogP) is 1.78. The van der Waals surface area contributed by atoms with Gasteiger partial charge in [-0.15, -0.1) is 0 Å². The average molecular weight is 244 g/mol. The van der Waals surface area contributed by atoms with Crippen LogP contribution < -0.4 is 10.1 Å². The zero-order chi connectivity index (χ0) is 12.0. The molecule has 1 atom stereocenters. The molecule has 0 amide bonds. The van der Waals surface area contributed by atoms with E-state index in [4.69, 9.17) is 21.4 Å². The lowest BCUT2D eigenvalue weighted by molar-refractivity contribution is -0.139. The van der Waals surface area contributed by atoms with Crippen molar-refractivity contribution in [1.82, 2.24) is 5.32 Å². The Morgan fingerprint density at radius 1 is 1.56 bits per heavy atom. The molecule has 0 aliphatic rings. The molecule has 0 spiro atoms. The molecule has 0 saturated carbocycles. The van der Waals surface area contributed by atoms with Crippen LogP contribution in [0.1, 0.15) is 6.92 Å². The first kappa shape index (κ1) is 12.8. The third-order valence-corrected chi connectivity index (χ3v) is 2.33. The van der Waals surface area contributed by atoms with Gasteiger partial charge in [0, 0.05) is 6.54 Å². The molecule has 0 aromatic heterocycles. The summed E-state index contributed by atoms with van der Waals surface area (Å²) in [6, 6.07) is 6.58. The molecule has 0 heterocycles. The first-order valence-electron chi connectivity index (χ1n) is 4.95. The van der Waals surface area contributed by atoms with Crippen molar-refractivity contribution in [2.45, 2.75) is 13.0 Å². The SMILES string of the molecule is C[C@H](NCCOc1ccccc1Cl)C(=O)O. The summed E-state index contributed by atoms with van der Waals surface area (Å²) in [5, 5.41) is 12.0. The molecule has 0 aliphatic carbocycles. The first-order chi connectivity index (χ1) is 7.61.